The van der Waals surface area contributed by atoms with Crippen LogP contribution in [-0.4, -0.2) is 21.3 Å². The van der Waals surface area contributed by atoms with Crippen LogP contribution in [0.3, 0.4) is 0 Å². The van der Waals surface area contributed by atoms with Crippen LogP contribution < -0.4 is 5.73 Å². The number of aromatic amines is 1. The van der Waals surface area contributed by atoms with Crippen molar-refractivity contribution in [1.29, 1.82) is 0 Å². The molecule has 2 aromatic rings. The topological polar surface area (TPSA) is 59.6 Å². The number of aryl methyl sites for hydroxylation is 1. The third-order valence-electron chi connectivity index (χ3n) is 2.66. The Morgan fingerprint density at radius 2 is 2.33 bits per heavy atom. The van der Waals surface area contributed by atoms with Crippen LogP contribution >= 0.6 is 0 Å². The van der Waals surface area contributed by atoms with E-state index in [1.54, 1.807) is 0 Å². The van der Waals surface area contributed by atoms with Crippen molar-refractivity contribution in [3.05, 3.63) is 29.6 Å². The van der Waals surface area contributed by atoms with Gasteiger partial charge in [-0.05, 0) is 31.2 Å². The van der Waals surface area contributed by atoms with Gasteiger partial charge in [-0.1, -0.05) is 0 Å². The Labute approximate surface area is 89.1 Å². The first kappa shape index (κ1) is 9.98. The molecule has 0 aromatic carbocycles. The number of nitrogens with one attached hydrogen (secondary N) is 1. The van der Waals surface area contributed by atoms with Crippen molar-refractivity contribution in [2.24, 2.45) is 12.8 Å². The second-order valence-electron chi connectivity index (χ2n) is 3.67. The first-order valence-corrected chi connectivity index (χ1v) is 5.10. The largest absolute Gasteiger partial charge is 0.360 e. The zero-order chi connectivity index (χ0) is 10.8. The number of aromatic nitrogens is 3. The van der Waals surface area contributed by atoms with Crippen molar-refractivity contribution in [2.45, 2.75) is 13.3 Å². The fourth-order valence-electron chi connectivity index (χ4n) is 1.88. The predicted octanol–water partition coefficient (Wildman–Crippen LogP) is 1.22. The van der Waals surface area contributed by atoms with Gasteiger partial charge in [0.1, 0.15) is 5.69 Å². The van der Waals surface area contributed by atoms with E-state index in [1.165, 1.54) is 11.3 Å². The van der Waals surface area contributed by atoms with Gasteiger partial charge in [-0.15, -0.1) is 0 Å². The van der Waals surface area contributed by atoms with Crippen molar-refractivity contribution < 1.29 is 0 Å². The van der Waals surface area contributed by atoms with E-state index in [-0.39, 0.29) is 0 Å². The summed E-state index contributed by atoms with van der Waals surface area (Å²) < 4.78 is 1.92. The van der Waals surface area contributed by atoms with Gasteiger partial charge >= 0.3 is 0 Å². The summed E-state index contributed by atoms with van der Waals surface area (Å²) in [6, 6.07) is 4.01. The van der Waals surface area contributed by atoms with Gasteiger partial charge in [-0.2, -0.15) is 5.10 Å². The van der Waals surface area contributed by atoms with E-state index in [0.29, 0.717) is 6.54 Å². The molecular formula is C11H16N4. The van der Waals surface area contributed by atoms with Crippen molar-refractivity contribution in [3.8, 4) is 11.4 Å². The van der Waals surface area contributed by atoms with E-state index < -0.39 is 0 Å². The van der Waals surface area contributed by atoms with Gasteiger partial charge in [0, 0.05) is 25.4 Å². The molecule has 2 rings (SSSR count). The van der Waals surface area contributed by atoms with Crippen molar-refractivity contribution in [3.63, 3.8) is 0 Å². The minimum Gasteiger partial charge on any atom is -0.360 e. The highest BCUT2D eigenvalue weighted by Crippen LogP contribution is 2.22. The monoisotopic (exact) mass is 204 g/mol. The molecule has 0 radical (unpaired) electrons. The Hall–Kier alpha value is -1.55. The van der Waals surface area contributed by atoms with Gasteiger partial charge < -0.3 is 10.7 Å². The van der Waals surface area contributed by atoms with Gasteiger partial charge in [0.15, 0.2) is 0 Å². The fourth-order valence-corrected chi connectivity index (χ4v) is 1.88. The minimum absolute atomic E-state index is 0.657. The van der Waals surface area contributed by atoms with Crippen LogP contribution in [0.4, 0.5) is 0 Å². The molecule has 2 heterocycles. The second-order valence-corrected chi connectivity index (χ2v) is 3.67. The number of H-pyrrole nitrogens is 1. The zero-order valence-electron chi connectivity index (χ0n) is 9.12. The van der Waals surface area contributed by atoms with Crippen LogP contribution in [0.1, 0.15) is 11.3 Å². The molecule has 0 fully saturated rings. The number of rotatable bonds is 3. The van der Waals surface area contributed by atoms with Gasteiger partial charge in [-0.25, -0.2) is 0 Å². The Kier molecular flexibility index (Phi) is 2.60. The molecule has 3 N–H and O–H groups in total. The third kappa shape index (κ3) is 1.68. The highest BCUT2D eigenvalue weighted by molar-refractivity contribution is 5.59. The van der Waals surface area contributed by atoms with E-state index in [2.05, 4.69) is 17.0 Å². The maximum absolute atomic E-state index is 5.58. The normalized spacial score (nSPS) is 10.9. The fraction of sp³-hybridized carbons (Fsp3) is 0.364. The van der Waals surface area contributed by atoms with Crippen LogP contribution in [0.2, 0.25) is 0 Å². The smallest absolute Gasteiger partial charge is 0.112 e. The SMILES string of the molecule is Cc1c(-c2ccc[nH]2)nn(C)c1CCN. The molecule has 15 heavy (non-hydrogen) atoms. The molecule has 2 aromatic heterocycles. The molecule has 0 saturated carbocycles. The number of hydrogen-bond donors (Lipinski definition) is 2. The van der Waals surface area contributed by atoms with Crippen LogP contribution in [-0.2, 0) is 13.5 Å². The van der Waals surface area contributed by atoms with E-state index in [0.717, 1.165) is 17.8 Å². The van der Waals surface area contributed by atoms with Gasteiger partial charge in [0.25, 0.3) is 0 Å². The summed E-state index contributed by atoms with van der Waals surface area (Å²) in [7, 11) is 1.96. The summed E-state index contributed by atoms with van der Waals surface area (Å²) in [6.07, 6.45) is 2.78. The molecule has 0 aliphatic rings. The second kappa shape index (κ2) is 3.90. The molecule has 0 amide bonds. The Bertz CT molecular complexity index is 439. The van der Waals surface area contributed by atoms with E-state index >= 15 is 0 Å². The summed E-state index contributed by atoms with van der Waals surface area (Å²) in [4.78, 5) is 3.17. The lowest BCUT2D eigenvalue weighted by Crippen LogP contribution is -2.08. The molecule has 0 saturated heterocycles. The number of nitrogens with two attached hydrogens (primary N) is 1. The quantitative estimate of drug-likeness (QED) is 0.789. The van der Waals surface area contributed by atoms with E-state index in [4.69, 9.17) is 5.73 Å². The molecule has 4 heteroatoms. The lowest BCUT2D eigenvalue weighted by atomic mass is 10.1. The maximum Gasteiger partial charge on any atom is 0.112 e. The van der Waals surface area contributed by atoms with Crippen LogP contribution in [0.5, 0.6) is 0 Å². The van der Waals surface area contributed by atoms with Crippen LogP contribution in [0.15, 0.2) is 18.3 Å². The first-order chi connectivity index (χ1) is 7.24. The standard InChI is InChI=1S/C11H16N4/c1-8-10(5-6-12)15(2)14-11(8)9-4-3-7-13-9/h3-4,7,13H,5-6,12H2,1-2H3. The molecule has 0 aliphatic heterocycles. The van der Waals surface area contributed by atoms with Crippen LogP contribution in [0, 0.1) is 6.92 Å². The van der Waals surface area contributed by atoms with E-state index in [1.807, 2.05) is 30.1 Å². The molecule has 0 unspecified atom stereocenters. The average Bonchev–Trinajstić information content (AvgIpc) is 2.81. The Balaban J connectivity index is 2.46. The summed E-state index contributed by atoms with van der Waals surface area (Å²) >= 11 is 0. The zero-order valence-corrected chi connectivity index (χ0v) is 9.12. The number of hydrogen-bond acceptors (Lipinski definition) is 2. The van der Waals surface area contributed by atoms with Gasteiger partial charge in [-0.3, -0.25) is 4.68 Å². The molecule has 4 nitrogen and oxygen atoms in total. The van der Waals surface area contributed by atoms with Crippen molar-refractivity contribution in [2.75, 3.05) is 6.54 Å². The molecule has 0 bridgehead atoms. The molecule has 0 spiro atoms. The third-order valence-corrected chi connectivity index (χ3v) is 2.66. The average molecular weight is 204 g/mol. The lowest BCUT2D eigenvalue weighted by Gasteiger charge is -1.99. The van der Waals surface area contributed by atoms with Crippen molar-refractivity contribution >= 4 is 0 Å². The lowest BCUT2D eigenvalue weighted by molar-refractivity contribution is 0.706. The maximum atomic E-state index is 5.58. The van der Waals surface area contributed by atoms with Gasteiger partial charge in [0.05, 0.1) is 5.69 Å². The van der Waals surface area contributed by atoms with E-state index in [9.17, 15) is 0 Å². The predicted molar refractivity (Wildman–Crippen MR) is 60.5 cm³/mol. The Morgan fingerprint density at radius 3 is 2.93 bits per heavy atom. The highest BCUT2D eigenvalue weighted by atomic mass is 15.3. The summed E-state index contributed by atoms with van der Waals surface area (Å²) in [5.74, 6) is 0. The molecule has 0 aliphatic carbocycles. The Morgan fingerprint density at radius 1 is 1.53 bits per heavy atom. The van der Waals surface area contributed by atoms with Crippen LogP contribution in [0.25, 0.3) is 11.4 Å². The molecule has 0 atom stereocenters. The van der Waals surface area contributed by atoms with Crippen molar-refractivity contribution in [1.82, 2.24) is 14.8 Å². The van der Waals surface area contributed by atoms with Gasteiger partial charge in [0.2, 0.25) is 0 Å². The summed E-state index contributed by atoms with van der Waals surface area (Å²) in [5.41, 5.74) is 10.1. The molecular weight excluding hydrogens is 188 g/mol. The minimum atomic E-state index is 0.657. The first-order valence-electron chi connectivity index (χ1n) is 5.10. The molecule has 80 valence electrons. The number of nitrogens with zero attached hydrogens (tertiary/aromatic N) is 2. The summed E-state index contributed by atoms with van der Waals surface area (Å²) in [5, 5.41) is 4.50. The highest BCUT2D eigenvalue weighted by Gasteiger charge is 2.13. The summed E-state index contributed by atoms with van der Waals surface area (Å²) in [6.45, 7) is 2.75.